The highest BCUT2D eigenvalue weighted by atomic mass is 79.9. The van der Waals surface area contributed by atoms with Gasteiger partial charge >= 0.3 is 0 Å². The number of hydrogen-bond donors (Lipinski definition) is 0. The summed E-state index contributed by atoms with van der Waals surface area (Å²) in [6, 6.07) is 2.01. The fourth-order valence-corrected chi connectivity index (χ4v) is 0.950. The third-order valence-corrected chi connectivity index (χ3v) is 1.73. The van der Waals surface area contributed by atoms with Crippen molar-refractivity contribution < 1.29 is 0 Å². The molecule has 0 aliphatic rings. The van der Waals surface area contributed by atoms with Gasteiger partial charge in [0.15, 0.2) is 0 Å². The molecule has 0 fully saturated rings. The van der Waals surface area contributed by atoms with Gasteiger partial charge < -0.3 is 0 Å². The topological polar surface area (TPSA) is 17.8 Å². The highest BCUT2D eigenvalue weighted by Crippen LogP contribution is 2.00. The van der Waals surface area contributed by atoms with E-state index < -0.39 is 0 Å². The molecule has 1 heterocycles. The molecule has 0 spiro atoms. The first-order chi connectivity index (χ1) is 4.36. The molecular formula is C6H9BrN2. The van der Waals surface area contributed by atoms with Crippen LogP contribution in [-0.2, 0) is 11.9 Å². The smallest absolute Gasteiger partial charge is 0.0729 e. The minimum Gasteiger partial charge on any atom is -0.273 e. The van der Waals surface area contributed by atoms with E-state index in [1.54, 1.807) is 0 Å². The van der Waals surface area contributed by atoms with Gasteiger partial charge in [-0.2, -0.15) is 5.10 Å². The van der Waals surface area contributed by atoms with Gasteiger partial charge in [0, 0.05) is 18.1 Å². The van der Waals surface area contributed by atoms with Crippen LogP contribution >= 0.6 is 15.9 Å². The first-order valence-corrected chi connectivity index (χ1v) is 4.07. The standard InChI is InChI=1S/C6H9BrN2/c1-2-9-4-3-6(5-7)8-9/h3-4H,2,5H2,1H3. The fraction of sp³-hybridized carbons (Fsp3) is 0.500. The maximum Gasteiger partial charge on any atom is 0.0729 e. The van der Waals surface area contributed by atoms with Crippen LogP contribution in [0.1, 0.15) is 12.6 Å². The van der Waals surface area contributed by atoms with Crippen LogP contribution in [0.25, 0.3) is 0 Å². The Morgan fingerprint density at radius 2 is 2.56 bits per heavy atom. The number of aromatic nitrogens is 2. The van der Waals surface area contributed by atoms with Crippen LogP contribution in [-0.4, -0.2) is 9.78 Å². The van der Waals surface area contributed by atoms with Crippen LogP contribution in [0, 0.1) is 0 Å². The molecule has 0 aliphatic carbocycles. The molecule has 2 nitrogen and oxygen atoms in total. The molecule has 1 aromatic heterocycles. The van der Waals surface area contributed by atoms with E-state index in [1.165, 1.54) is 0 Å². The van der Waals surface area contributed by atoms with Crippen molar-refractivity contribution in [1.82, 2.24) is 9.78 Å². The minimum absolute atomic E-state index is 0.847. The summed E-state index contributed by atoms with van der Waals surface area (Å²) in [5.41, 5.74) is 1.09. The Balaban J connectivity index is 2.74. The van der Waals surface area contributed by atoms with Crippen molar-refractivity contribution in [2.45, 2.75) is 18.8 Å². The Morgan fingerprint density at radius 3 is 2.89 bits per heavy atom. The predicted molar refractivity (Wildman–Crippen MR) is 40.5 cm³/mol. The van der Waals surface area contributed by atoms with Gasteiger partial charge in [-0.25, -0.2) is 0 Å². The number of nitrogens with zero attached hydrogens (tertiary/aromatic N) is 2. The third kappa shape index (κ3) is 1.55. The first kappa shape index (κ1) is 6.81. The van der Waals surface area contributed by atoms with Crippen LogP contribution < -0.4 is 0 Å². The molecule has 0 aromatic carbocycles. The molecule has 0 saturated carbocycles. The summed E-state index contributed by atoms with van der Waals surface area (Å²) in [7, 11) is 0. The van der Waals surface area contributed by atoms with Crippen molar-refractivity contribution in [2.24, 2.45) is 0 Å². The molecule has 0 amide bonds. The van der Waals surface area contributed by atoms with Gasteiger partial charge in [0.05, 0.1) is 5.69 Å². The van der Waals surface area contributed by atoms with Crippen LogP contribution in [0.4, 0.5) is 0 Å². The molecule has 3 heteroatoms. The van der Waals surface area contributed by atoms with Gasteiger partial charge in [0.1, 0.15) is 0 Å². The van der Waals surface area contributed by atoms with E-state index >= 15 is 0 Å². The van der Waals surface area contributed by atoms with Crippen molar-refractivity contribution in [2.75, 3.05) is 0 Å². The summed E-state index contributed by atoms with van der Waals surface area (Å²) in [5, 5.41) is 5.06. The Kier molecular flexibility index (Phi) is 2.28. The van der Waals surface area contributed by atoms with E-state index in [0.29, 0.717) is 0 Å². The monoisotopic (exact) mass is 188 g/mol. The molecule has 1 rings (SSSR count). The first-order valence-electron chi connectivity index (χ1n) is 2.95. The maximum atomic E-state index is 4.22. The molecule has 0 aliphatic heterocycles. The Morgan fingerprint density at radius 1 is 1.78 bits per heavy atom. The second kappa shape index (κ2) is 3.01. The molecule has 0 radical (unpaired) electrons. The third-order valence-electron chi connectivity index (χ3n) is 1.16. The number of rotatable bonds is 2. The predicted octanol–water partition coefficient (Wildman–Crippen LogP) is 1.80. The Hall–Kier alpha value is -0.310. The van der Waals surface area contributed by atoms with Gasteiger partial charge in [-0.3, -0.25) is 4.68 Å². The molecule has 0 bridgehead atoms. The summed E-state index contributed by atoms with van der Waals surface area (Å²) < 4.78 is 1.91. The van der Waals surface area contributed by atoms with Gasteiger partial charge in [0.25, 0.3) is 0 Å². The normalized spacial score (nSPS) is 10.0. The second-order valence-corrected chi connectivity index (χ2v) is 2.36. The van der Waals surface area contributed by atoms with Crippen LogP contribution in [0.3, 0.4) is 0 Å². The van der Waals surface area contributed by atoms with Crippen molar-refractivity contribution in [3.63, 3.8) is 0 Å². The van der Waals surface area contributed by atoms with E-state index in [2.05, 4.69) is 28.0 Å². The van der Waals surface area contributed by atoms with E-state index in [4.69, 9.17) is 0 Å². The largest absolute Gasteiger partial charge is 0.273 e. The van der Waals surface area contributed by atoms with Crippen molar-refractivity contribution in [3.05, 3.63) is 18.0 Å². The zero-order valence-electron chi connectivity index (χ0n) is 5.34. The molecule has 0 atom stereocenters. The van der Waals surface area contributed by atoms with Gasteiger partial charge in [-0.15, -0.1) is 0 Å². The highest BCUT2D eigenvalue weighted by molar-refractivity contribution is 9.08. The summed E-state index contributed by atoms with van der Waals surface area (Å²) in [4.78, 5) is 0. The average molecular weight is 189 g/mol. The molecule has 0 unspecified atom stereocenters. The summed E-state index contributed by atoms with van der Waals surface area (Å²) >= 11 is 3.32. The lowest BCUT2D eigenvalue weighted by Crippen LogP contribution is -1.94. The Labute approximate surface area is 63.0 Å². The lowest BCUT2D eigenvalue weighted by atomic mass is 10.5. The summed E-state index contributed by atoms with van der Waals surface area (Å²) in [6.07, 6.45) is 1.98. The quantitative estimate of drug-likeness (QED) is 0.648. The van der Waals surface area contributed by atoms with Crippen LogP contribution in [0.15, 0.2) is 12.3 Å². The molecular weight excluding hydrogens is 180 g/mol. The summed E-state index contributed by atoms with van der Waals surface area (Å²) in [5.74, 6) is 0. The van der Waals surface area contributed by atoms with E-state index in [-0.39, 0.29) is 0 Å². The molecule has 50 valence electrons. The van der Waals surface area contributed by atoms with E-state index in [1.807, 2.05) is 16.9 Å². The molecule has 0 saturated heterocycles. The highest BCUT2D eigenvalue weighted by Gasteiger charge is 1.92. The molecule has 0 N–H and O–H groups in total. The van der Waals surface area contributed by atoms with Crippen LogP contribution in [0.5, 0.6) is 0 Å². The van der Waals surface area contributed by atoms with Crippen molar-refractivity contribution in [1.29, 1.82) is 0 Å². The van der Waals surface area contributed by atoms with Gasteiger partial charge in [-0.05, 0) is 13.0 Å². The Bertz CT molecular complexity index is 164. The number of alkyl halides is 1. The fourth-order valence-electron chi connectivity index (χ4n) is 0.651. The van der Waals surface area contributed by atoms with E-state index in [9.17, 15) is 0 Å². The lowest BCUT2D eigenvalue weighted by Gasteiger charge is -1.90. The second-order valence-electron chi connectivity index (χ2n) is 1.80. The van der Waals surface area contributed by atoms with Crippen molar-refractivity contribution >= 4 is 15.9 Å². The van der Waals surface area contributed by atoms with Crippen LogP contribution in [0.2, 0.25) is 0 Å². The van der Waals surface area contributed by atoms with E-state index in [0.717, 1.165) is 17.6 Å². The molecule has 9 heavy (non-hydrogen) atoms. The average Bonchev–Trinajstić information content (AvgIpc) is 2.34. The minimum atomic E-state index is 0.847. The SMILES string of the molecule is CCn1ccc(CBr)n1. The number of halogens is 1. The summed E-state index contributed by atoms with van der Waals surface area (Å²) in [6.45, 7) is 3.03. The zero-order valence-corrected chi connectivity index (χ0v) is 6.93. The zero-order chi connectivity index (χ0) is 6.69. The lowest BCUT2D eigenvalue weighted by molar-refractivity contribution is 0.653. The van der Waals surface area contributed by atoms with Gasteiger partial charge in [0.2, 0.25) is 0 Å². The van der Waals surface area contributed by atoms with Gasteiger partial charge in [-0.1, -0.05) is 15.9 Å². The molecule has 1 aromatic rings. The number of hydrogen-bond acceptors (Lipinski definition) is 1. The van der Waals surface area contributed by atoms with Crippen molar-refractivity contribution in [3.8, 4) is 0 Å². The number of aryl methyl sites for hydroxylation is 1. The maximum absolute atomic E-state index is 4.22.